The maximum absolute atomic E-state index is 12.2. The van der Waals surface area contributed by atoms with Gasteiger partial charge in [-0.15, -0.1) is 11.3 Å². The van der Waals surface area contributed by atoms with Crippen molar-refractivity contribution in [1.82, 2.24) is 14.9 Å². The van der Waals surface area contributed by atoms with Crippen molar-refractivity contribution in [1.29, 1.82) is 0 Å². The molecule has 108 valence electrons. The molecule has 0 unspecified atom stereocenters. The molecule has 0 saturated heterocycles. The molecule has 0 atom stereocenters. The van der Waals surface area contributed by atoms with Gasteiger partial charge in [-0.2, -0.15) is 0 Å². The molecule has 0 aliphatic rings. The lowest BCUT2D eigenvalue weighted by Gasteiger charge is -2.04. The van der Waals surface area contributed by atoms with Crippen LogP contribution in [0.5, 0.6) is 0 Å². The van der Waals surface area contributed by atoms with Crippen LogP contribution in [0.25, 0.3) is 10.1 Å². The summed E-state index contributed by atoms with van der Waals surface area (Å²) in [5, 5.41) is 4.40. The first-order valence-corrected chi connectivity index (χ1v) is 7.86. The van der Waals surface area contributed by atoms with E-state index < -0.39 is 0 Å². The molecule has 1 aromatic carbocycles. The Bertz CT molecular complexity index is 751. The average Bonchev–Trinajstić information content (AvgIpc) is 3.12. The van der Waals surface area contributed by atoms with Crippen LogP contribution >= 0.6 is 22.9 Å². The van der Waals surface area contributed by atoms with E-state index >= 15 is 0 Å². The molecule has 0 saturated carbocycles. The average molecular weight is 320 g/mol. The van der Waals surface area contributed by atoms with Gasteiger partial charge in [0.05, 0.1) is 11.3 Å². The number of imidazole rings is 1. The molecule has 0 aliphatic carbocycles. The van der Waals surface area contributed by atoms with E-state index in [0.29, 0.717) is 16.4 Å². The molecular weight excluding hydrogens is 306 g/mol. The van der Waals surface area contributed by atoms with E-state index in [0.717, 1.165) is 23.1 Å². The van der Waals surface area contributed by atoms with Crippen LogP contribution in [0.1, 0.15) is 16.1 Å². The number of hydrogen-bond acceptors (Lipinski definition) is 3. The number of carbonyl (C=O) groups is 1. The van der Waals surface area contributed by atoms with Crippen LogP contribution in [0.15, 0.2) is 43.0 Å². The molecule has 6 heteroatoms. The molecule has 21 heavy (non-hydrogen) atoms. The normalized spacial score (nSPS) is 10.9. The van der Waals surface area contributed by atoms with Gasteiger partial charge in [-0.3, -0.25) is 4.79 Å². The Morgan fingerprint density at radius 3 is 3.00 bits per heavy atom. The van der Waals surface area contributed by atoms with Crippen LogP contribution in [0.2, 0.25) is 5.02 Å². The van der Waals surface area contributed by atoms with Crippen molar-refractivity contribution in [2.45, 2.75) is 13.0 Å². The zero-order chi connectivity index (χ0) is 14.7. The van der Waals surface area contributed by atoms with Crippen LogP contribution < -0.4 is 5.32 Å². The number of rotatable bonds is 5. The first kappa shape index (κ1) is 14.1. The van der Waals surface area contributed by atoms with Crippen LogP contribution in [0.4, 0.5) is 0 Å². The van der Waals surface area contributed by atoms with Crippen molar-refractivity contribution in [3.8, 4) is 0 Å². The van der Waals surface area contributed by atoms with Gasteiger partial charge in [0.1, 0.15) is 4.88 Å². The third-order valence-corrected chi connectivity index (χ3v) is 4.85. The standard InChI is InChI=1S/C15H14ClN3OS/c16-13-11-4-1-2-5-12(11)21-14(13)15(20)18-6-3-8-19-9-7-17-10-19/h1-2,4-5,7,9-10H,3,6,8H2,(H,18,20). The summed E-state index contributed by atoms with van der Waals surface area (Å²) in [5.74, 6) is -0.105. The molecule has 3 rings (SSSR count). The van der Waals surface area contributed by atoms with E-state index in [1.807, 2.05) is 35.0 Å². The Kier molecular flexibility index (Phi) is 4.22. The second kappa shape index (κ2) is 6.28. The quantitative estimate of drug-likeness (QED) is 0.731. The Morgan fingerprint density at radius 2 is 2.24 bits per heavy atom. The van der Waals surface area contributed by atoms with Gasteiger partial charge in [0, 0.05) is 35.6 Å². The lowest BCUT2D eigenvalue weighted by atomic mass is 10.2. The lowest BCUT2D eigenvalue weighted by Crippen LogP contribution is -2.24. The predicted octanol–water partition coefficient (Wildman–Crippen LogP) is 3.57. The molecule has 3 aromatic rings. The first-order valence-electron chi connectivity index (χ1n) is 6.66. The summed E-state index contributed by atoms with van der Waals surface area (Å²) in [6.07, 6.45) is 6.27. The SMILES string of the molecule is O=C(NCCCn1ccnc1)c1sc2ccccc2c1Cl. The first-order chi connectivity index (χ1) is 10.3. The topological polar surface area (TPSA) is 46.9 Å². The van der Waals surface area contributed by atoms with Gasteiger partial charge in [0.15, 0.2) is 0 Å². The highest BCUT2D eigenvalue weighted by molar-refractivity contribution is 7.21. The molecule has 0 fully saturated rings. The molecule has 4 nitrogen and oxygen atoms in total. The van der Waals surface area contributed by atoms with Gasteiger partial charge in [-0.25, -0.2) is 4.98 Å². The van der Waals surface area contributed by atoms with Crippen LogP contribution in [0.3, 0.4) is 0 Å². The third kappa shape index (κ3) is 3.09. The number of aromatic nitrogens is 2. The van der Waals surface area contributed by atoms with Crippen molar-refractivity contribution in [3.05, 3.63) is 52.9 Å². The molecule has 0 radical (unpaired) electrons. The summed E-state index contributed by atoms with van der Waals surface area (Å²) in [4.78, 5) is 16.8. The van der Waals surface area contributed by atoms with Gasteiger partial charge < -0.3 is 9.88 Å². The van der Waals surface area contributed by atoms with Crippen LogP contribution in [0, 0.1) is 0 Å². The summed E-state index contributed by atoms with van der Waals surface area (Å²) in [7, 11) is 0. The summed E-state index contributed by atoms with van der Waals surface area (Å²) in [6, 6.07) is 7.78. The second-order valence-corrected chi connectivity index (χ2v) is 6.08. The molecule has 0 bridgehead atoms. The number of benzene rings is 1. The second-order valence-electron chi connectivity index (χ2n) is 4.65. The molecular formula is C15H14ClN3OS. The van der Waals surface area contributed by atoms with Gasteiger partial charge in [-0.1, -0.05) is 29.8 Å². The maximum Gasteiger partial charge on any atom is 0.262 e. The monoisotopic (exact) mass is 319 g/mol. The van der Waals surface area contributed by atoms with E-state index in [2.05, 4.69) is 10.3 Å². The minimum absolute atomic E-state index is 0.105. The summed E-state index contributed by atoms with van der Waals surface area (Å²) < 4.78 is 3.02. The van der Waals surface area contributed by atoms with Crippen molar-refractivity contribution in [2.75, 3.05) is 6.54 Å². The minimum atomic E-state index is -0.105. The smallest absolute Gasteiger partial charge is 0.262 e. The van der Waals surface area contributed by atoms with Crippen LogP contribution in [-0.4, -0.2) is 22.0 Å². The number of carbonyl (C=O) groups excluding carboxylic acids is 1. The highest BCUT2D eigenvalue weighted by atomic mass is 35.5. The number of hydrogen-bond donors (Lipinski definition) is 1. The number of nitrogens with one attached hydrogen (secondary N) is 1. The zero-order valence-corrected chi connectivity index (χ0v) is 12.8. The van der Waals surface area contributed by atoms with Gasteiger partial charge in [-0.05, 0) is 12.5 Å². The highest BCUT2D eigenvalue weighted by Crippen LogP contribution is 2.34. The molecule has 2 heterocycles. The van der Waals surface area contributed by atoms with E-state index in [1.54, 1.807) is 12.5 Å². The highest BCUT2D eigenvalue weighted by Gasteiger charge is 2.16. The number of nitrogens with zero attached hydrogens (tertiary/aromatic N) is 2. The predicted molar refractivity (Wildman–Crippen MR) is 86.0 cm³/mol. The number of halogens is 1. The van der Waals surface area contributed by atoms with E-state index in [9.17, 15) is 4.79 Å². The van der Waals surface area contributed by atoms with E-state index in [1.165, 1.54) is 11.3 Å². The summed E-state index contributed by atoms with van der Waals surface area (Å²) in [6.45, 7) is 1.45. The van der Waals surface area contributed by atoms with Crippen molar-refractivity contribution < 1.29 is 4.79 Å². The zero-order valence-electron chi connectivity index (χ0n) is 11.3. The van der Waals surface area contributed by atoms with Gasteiger partial charge >= 0.3 is 0 Å². The van der Waals surface area contributed by atoms with Crippen molar-refractivity contribution in [3.63, 3.8) is 0 Å². The van der Waals surface area contributed by atoms with Gasteiger partial charge in [0.25, 0.3) is 5.91 Å². The van der Waals surface area contributed by atoms with Crippen molar-refractivity contribution >= 4 is 38.9 Å². The molecule has 2 aromatic heterocycles. The molecule has 1 N–H and O–H groups in total. The number of fused-ring (bicyclic) bond motifs is 1. The van der Waals surface area contributed by atoms with Crippen molar-refractivity contribution in [2.24, 2.45) is 0 Å². The fourth-order valence-corrected chi connectivity index (χ4v) is 3.56. The molecule has 1 amide bonds. The fraction of sp³-hybridized carbons (Fsp3) is 0.200. The van der Waals surface area contributed by atoms with E-state index in [4.69, 9.17) is 11.6 Å². The fourth-order valence-electron chi connectivity index (χ4n) is 2.12. The lowest BCUT2D eigenvalue weighted by molar-refractivity contribution is 0.0957. The van der Waals surface area contributed by atoms with Crippen LogP contribution in [-0.2, 0) is 6.54 Å². The van der Waals surface area contributed by atoms with Gasteiger partial charge in [0.2, 0.25) is 0 Å². The number of amides is 1. The Morgan fingerprint density at radius 1 is 1.38 bits per heavy atom. The molecule has 0 aliphatic heterocycles. The largest absolute Gasteiger partial charge is 0.351 e. The minimum Gasteiger partial charge on any atom is -0.351 e. The maximum atomic E-state index is 12.2. The summed E-state index contributed by atoms with van der Waals surface area (Å²) >= 11 is 7.71. The summed E-state index contributed by atoms with van der Waals surface area (Å²) in [5.41, 5.74) is 0. The number of aryl methyl sites for hydroxylation is 1. The Labute approximate surface area is 131 Å². The number of thiophene rings is 1. The van der Waals surface area contributed by atoms with E-state index in [-0.39, 0.29) is 5.91 Å². The Balaban J connectivity index is 1.60. The Hall–Kier alpha value is -1.85. The molecule has 0 spiro atoms. The third-order valence-electron chi connectivity index (χ3n) is 3.18.